The summed E-state index contributed by atoms with van der Waals surface area (Å²) >= 11 is 2.14. The lowest BCUT2D eigenvalue weighted by atomic mass is 9.94. The van der Waals surface area contributed by atoms with Crippen molar-refractivity contribution in [1.82, 2.24) is 14.8 Å². The summed E-state index contributed by atoms with van der Waals surface area (Å²) in [5.41, 5.74) is 4.05. The topological polar surface area (TPSA) is 43.9 Å². The zero-order valence-corrected chi connectivity index (χ0v) is 36.1. The number of alkyl halides is 6. The summed E-state index contributed by atoms with van der Waals surface area (Å²) in [5.74, 6) is -15.5. The average Bonchev–Trinajstić information content (AvgIpc) is 4.14. The molecule has 0 aliphatic heterocycles. The molecule has 0 radical (unpaired) electrons. The SMILES string of the molecule is Cc1sc(-c2ccc(-c3nnc(-c4ccc(-c5ccccc5)cc4)o3)cc2)cc1C1=C(c2cc(-c3ccc(-n4c5ccccc5c5ccccc54)cc3)sc2C)C(F)(F)C(F)(F)C1(F)F. The Balaban J connectivity index is 0.913. The van der Waals surface area contributed by atoms with Crippen LogP contribution in [0.5, 0.6) is 0 Å². The number of aryl methyl sites for hydroxylation is 2. The Morgan fingerprint density at radius 1 is 0.446 bits per heavy atom. The first-order valence-corrected chi connectivity index (χ1v) is 22.2. The van der Waals surface area contributed by atoms with E-state index >= 15 is 26.3 Å². The standard InChI is InChI=1S/C53H33F6N3OS2/c1-30-41(28-45(64-30)34-18-22-37(23-19-34)50-61-60-49(63-50)36-20-16-33(17-21-36)32-10-4-3-5-11-32)47-48(52(56,57)53(58,59)51(47,54)55)42-29-46(65-31(42)2)35-24-26-38(27-25-35)62-43-14-8-6-12-39(43)40-13-7-9-15-44(40)62/h3-29H,1-2H3. The molecule has 320 valence electrons. The minimum atomic E-state index is -5.69. The molecule has 0 saturated heterocycles. The summed E-state index contributed by atoms with van der Waals surface area (Å²) in [4.78, 5) is 1.31. The molecule has 0 saturated carbocycles. The van der Waals surface area contributed by atoms with Crippen molar-refractivity contribution in [3.63, 3.8) is 0 Å². The lowest BCUT2D eigenvalue weighted by Gasteiger charge is -2.25. The zero-order valence-electron chi connectivity index (χ0n) is 34.4. The van der Waals surface area contributed by atoms with E-state index < -0.39 is 28.9 Å². The highest BCUT2D eigenvalue weighted by Crippen LogP contribution is 2.66. The molecule has 1 aliphatic carbocycles. The minimum Gasteiger partial charge on any atom is -0.416 e. The van der Waals surface area contributed by atoms with Gasteiger partial charge in [-0.05, 0) is 108 Å². The van der Waals surface area contributed by atoms with Crippen molar-refractivity contribution in [3.8, 4) is 60.6 Å². The molecule has 4 aromatic heterocycles. The summed E-state index contributed by atoms with van der Waals surface area (Å²) in [7, 11) is 0. The van der Waals surface area contributed by atoms with Gasteiger partial charge < -0.3 is 8.98 Å². The van der Waals surface area contributed by atoms with Gasteiger partial charge in [0, 0.05) is 58.2 Å². The van der Waals surface area contributed by atoms with E-state index in [0.717, 1.165) is 66.9 Å². The quantitative estimate of drug-likeness (QED) is 0.143. The Hall–Kier alpha value is -7.02. The van der Waals surface area contributed by atoms with Crippen LogP contribution >= 0.6 is 22.7 Å². The van der Waals surface area contributed by atoms with Crippen LogP contribution in [0.1, 0.15) is 20.9 Å². The highest BCUT2D eigenvalue weighted by atomic mass is 32.1. The van der Waals surface area contributed by atoms with Crippen molar-refractivity contribution in [2.45, 2.75) is 31.6 Å². The van der Waals surface area contributed by atoms with E-state index in [9.17, 15) is 0 Å². The van der Waals surface area contributed by atoms with E-state index in [1.807, 2.05) is 115 Å². The number of fused-ring (bicyclic) bond motifs is 3. The lowest BCUT2D eigenvalue weighted by molar-refractivity contribution is -0.254. The number of para-hydroxylation sites is 2. The Bertz CT molecular complexity index is 3420. The van der Waals surface area contributed by atoms with Crippen molar-refractivity contribution in [1.29, 1.82) is 0 Å². The Morgan fingerprint density at radius 2 is 0.831 bits per heavy atom. The van der Waals surface area contributed by atoms with Gasteiger partial charge in [-0.25, -0.2) is 0 Å². The van der Waals surface area contributed by atoms with E-state index in [0.29, 0.717) is 32.3 Å². The maximum Gasteiger partial charge on any atom is 0.380 e. The number of allylic oxidation sites excluding steroid dienone is 2. The Labute approximate surface area is 376 Å². The van der Waals surface area contributed by atoms with Gasteiger partial charge in [-0.2, -0.15) is 26.3 Å². The van der Waals surface area contributed by atoms with E-state index in [1.165, 1.54) is 26.0 Å². The molecule has 0 bridgehead atoms. The van der Waals surface area contributed by atoms with Crippen molar-refractivity contribution in [2.75, 3.05) is 0 Å². The molecule has 10 aromatic rings. The van der Waals surface area contributed by atoms with Crippen LogP contribution in [0.15, 0.2) is 168 Å². The van der Waals surface area contributed by atoms with Crippen LogP contribution in [0.2, 0.25) is 0 Å². The van der Waals surface area contributed by atoms with Gasteiger partial charge in [-0.15, -0.1) is 32.9 Å². The number of halogens is 6. The Kier molecular flexibility index (Phi) is 9.42. The number of nitrogens with zero attached hydrogens (tertiary/aromatic N) is 3. The van der Waals surface area contributed by atoms with Crippen LogP contribution in [-0.2, 0) is 0 Å². The number of hydrogen-bond acceptors (Lipinski definition) is 5. The largest absolute Gasteiger partial charge is 0.416 e. The molecule has 12 heteroatoms. The number of thiophene rings is 2. The fourth-order valence-corrected chi connectivity index (χ4v) is 10.9. The smallest absolute Gasteiger partial charge is 0.380 e. The van der Waals surface area contributed by atoms with Gasteiger partial charge in [0.15, 0.2) is 0 Å². The number of rotatable bonds is 8. The second-order valence-corrected chi connectivity index (χ2v) is 18.5. The van der Waals surface area contributed by atoms with Crippen molar-refractivity contribution in [3.05, 3.63) is 185 Å². The summed E-state index contributed by atoms with van der Waals surface area (Å²) in [5, 5.41) is 10.6. The molecule has 11 rings (SSSR count). The monoisotopic (exact) mass is 905 g/mol. The highest BCUT2D eigenvalue weighted by molar-refractivity contribution is 7.16. The molecule has 65 heavy (non-hydrogen) atoms. The normalized spacial score (nSPS) is 15.4. The molecule has 0 fully saturated rings. The van der Waals surface area contributed by atoms with E-state index in [-0.39, 0.29) is 26.8 Å². The second kappa shape index (κ2) is 15.0. The number of hydrogen-bond donors (Lipinski definition) is 0. The van der Waals surface area contributed by atoms with E-state index in [4.69, 9.17) is 4.42 Å². The molecule has 0 N–H and O–H groups in total. The van der Waals surface area contributed by atoms with Crippen molar-refractivity contribution < 1.29 is 30.8 Å². The second-order valence-electron chi connectivity index (χ2n) is 16.0. The van der Waals surface area contributed by atoms with Gasteiger partial charge in [0.1, 0.15) is 0 Å². The van der Waals surface area contributed by atoms with Crippen LogP contribution in [0.3, 0.4) is 0 Å². The summed E-state index contributed by atoms with van der Waals surface area (Å²) in [6, 6.07) is 50.6. The van der Waals surface area contributed by atoms with Gasteiger partial charge in [0.05, 0.1) is 11.0 Å². The number of benzene rings is 6. The molecule has 0 amide bonds. The zero-order chi connectivity index (χ0) is 44.8. The molecule has 0 atom stereocenters. The first-order valence-electron chi connectivity index (χ1n) is 20.6. The maximum absolute atomic E-state index is 16.1. The van der Waals surface area contributed by atoms with Crippen LogP contribution in [0, 0.1) is 13.8 Å². The maximum atomic E-state index is 16.1. The third-order valence-electron chi connectivity index (χ3n) is 12.1. The summed E-state index contributed by atoms with van der Waals surface area (Å²) in [6.45, 7) is 2.97. The van der Waals surface area contributed by atoms with E-state index in [1.54, 1.807) is 24.3 Å². The van der Waals surface area contributed by atoms with Crippen molar-refractivity contribution >= 4 is 55.6 Å². The molecular weight excluding hydrogens is 873 g/mol. The molecule has 0 spiro atoms. The molecule has 4 heterocycles. The Morgan fingerprint density at radius 3 is 1.31 bits per heavy atom. The van der Waals surface area contributed by atoms with Crippen molar-refractivity contribution in [2.24, 2.45) is 0 Å². The minimum absolute atomic E-state index is 0.193. The van der Waals surface area contributed by atoms with Crippen LogP contribution in [0.25, 0.3) is 93.6 Å². The van der Waals surface area contributed by atoms with Gasteiger partial charge in [-0.3, -0.25) is 0 Å². The molecule has 4 nitrogen and oxygen atoms in total. The predicted molar refractivity (Wildman–Crippen MR) is 249 cm³/mol. The van der Waals surface area contributed by atoms with Gasteiger partial charge in [0.25, 0.3) is 0 Å². The lowest BCUT2D eigenvalue weighted by Crippen LogP contribution is -2.48. The summed E-state index contributed by atoms with van der Waals surface area (Å²) < 4.78 is 104. The number of aromatic nitrogens is 3. The molecular formula is C53H33F6N3OS2. The average molecular weight is 906 g/mol. The van der Waals surface area contributed by atoms with Crippen LogP contribution in [0.4, 0.5) is 26.3 Å². The first-order chi connectivity index (χ1) is 31.3. The fraction of sp³-hybridized carbons (Fsp3) is 0.0943. The van der Waals surface area contributed by atoms with Crippen LogP contribution < -0.4 is 0 Å². The third kappa shape index (κ3) is 6.41. The predicted octanol–water partition coefficient (Wildman–Crippen LogP) is 16.1. The van der Waals surface area contributed by atoms with Crippen LogP contribution in [-0.4, -0.2) is 32.5 Å². The first kappa shape index (κ1) is 40.7. The third-order valence-corrected chi connectivity index (χ3v) is 14.3. The highest BCUT2D eigenvalue weighted by Gasteiger charge is 2.80. The fourth-order valence-electron chi connectivity index (χ4n) is 8.82. The van der Waals surface area contributed by atoms with Gasteiger partial charge in [-0.1, -0.05) is 103 Å². The van der Waals surface area contributed by atoms with Gasteiger partial charge >= 0.3 is 17.8 Å². The molecule has 0 unspecified atom stereocenters. The van der Waals surface area contributed by atoms with E-state index in [2.05, 4.69) is 26.9 Å². The molecule has 6 aromatic carbocycles. The summed E-state index contributed by atoms with van der Waals surface area (Å²) in [6.07, 6.45) is 0. The van der Waals surface area contributed by atoms with Gasteiger partial charge in [0.2, 0.25) is 11.8 Å². The molecule has 1 aliphatic rings.